The van der Waals surface area contributed by atoms with Gasteiger partial charge in [-0.25, -0.2) is 0 Å². The quantitative estimate of drug-likeness (QED) is 0.605. The summed E-state index contributed by atoms with van der Waals surface area (Å²) in [7, 11) is 0. The van der Waals surface area contributed by atoms with Crippen LogP contribution in [0.2, 0.25) is 0 Å². The Labute approximate surface area is 157 Å². The molecule has 2 heterocycles. The molecule has 6 nitrogen and oxygen atoms in total. The molecule has 0 amide bonds. The minimum Gasteiger partial charge on any atom is -0.338 e. The Balaban J connectivity index is 1.48. The molecule has 136 valence electrons. The highest BCUT2D eigenvalue weighted by atomic mass is 32.2. The summed E-state index contributed by atoms with van der Waals surface area (Å²) in [6.45, 7) is 4.09. The number of thioether (sulfide) groups is 1. The van der Waals surface area contributed by atoms with Crippen molar-refractivity contribution in [1.29, 1.82) is 0 Å². The van der Waals surface area contributed by atoms with Crippen molar-refractivity contribution in [2.24, 2.45) is 0 Å². The standard InChI is InChI=1S/C19H23N5OS/c1-13-8-6-7-11-16(13)18-20-17(25-23-18)12-26-19-22-21-14(2)24(19)15-9-4-3-5-10-15/h6-8,11,15H,3-5,9-10,12H2,1-2H3. The smallest absolute Gasteiger partial charge is 0.237 e. The zero-order chi connectivity index (χ0) is 17.9. The molecule has 0 aliphatic heterocycles. The van der Waals surface area contributed by atoms with E-state index < -0.39 is 0 Å². The molecule has 1 saturated carbocycles. The molecule has 0 N–H and O–H groups in total. The summed E-state index contributed by atoms with van der Waals surface area (Å²) in [6.07, 6.45) is 6.34. The van der Waals surface area contributed by atoms with Gasteiger partial charge in [0.15, 0.2) is 5.16 Å². The van der Waals surface area contributed by atoms with E-state index in [-0.39, 0.29) is 0 Å². The number of aryl methyl sites for hydroxylation is 2. The van der Waals surface area contributed by atoms with Crippen LogP contribution in [0.25, 0.3) is 11.4 Å². The van der Waals surface area contributed by atoms with Gasteiger partial charge in [-0.1, -0.05) is 60.4 Å². The predicted molar refractivity (Wildman–Crippen MR) is 101 cm³/mol. The van der Waals surface area contributed by atoms with Gasteiger partial charge in [0.1, 0.15) is 5.82 Å². The van der Waals surface area contributed by atoms with Crippen molar-refractivity contribution < 1.29 is 4.52 Å². The highest BCUT2D eigenvalue weighted by molar-refractivity contribution is 7.98. The molecule has 1 aliphatic carbocycles. The third kappa shape index (κ3) is 3.53. The second-order valence-corrected chi connectivity index (χ2v) is 7.75. The molecule has 1 fully saturated rings. The summed E-state index contributed by atoms with van der Waals surface area (Å²) in [6, 6.07) is 8.58. The molecule has 0 unspecified atom stereocenters. The number of aromatic nitrogens is 5. The van der Waals surface area contributed by atoms with E-state index in [9.17, 15) is 0 Å². The Morgan fingerprint density at radius 3 is 2.73 bits per heavy atom. The molecular formula is C19H23N5OS. The largest absolute Gasteiger partial charge is 0.338 e. The van der Waals surface area contributed by atoms with Crippen LogP contribution in [-0.2, 0) is 5.75 Å². The molecule has 0 saturated heterocycles. The second kappa shape index (κ2) is 7.61. The Kier molecular flexibility index (Phi) is 5.06. The van der Waals surface area contributed by atoms with Crippen LogP contribution in [0.1, 0.15) is 55.4 Å². The lowest BCUT2D eigenvalue weighted by Crippen LogP contribution is -2.15. The molecule has 7 heteroatoms. The van der Waals surface area contributed by atoms with Crippen LogP contribution in [-0.4, -0.2) is 24.9 Å². The predicted octanol–water partition coefficient (Wildman–Crippen LogP) is 4.74. The average molecular weight is 369 g/mol. The number of nitrogens with zero attached hydrogens (tertiary/aromatic N) is 5. The summed E-state index contributed by atoms with van der Waals surface area (Å²) in [5, 5.41) is 13.7. The van der Waals surface area contributed by atoms with Gasteiger partial charge in [0.05, 0.1) is 5.75 Å². The summed E-state index contributed by atoms with van der Waals surface area (Å²) >= 11 is 1.62. The Morgan fingerprint density at radius 1 is 1.12 bits per heavy atom. The van der Waals surface area contributed by atoms with Gasteiger partial charge >= 0.3 is 0 Å². The van der Waals surface area contributed by atoms with Gasteiger partial charge < -0.3 is 9.09 Å². The summed E-state index contributed by atoms with van der Waals surface area (Å²) in [5.74, 6) is 2.85. The minimum absolute atomic E-state index is 0.520. The second-order valence-electron chi connectivity index (χ2n) is 6.81. The third-order valence-electron chi connectivity index (χ3n) is 4.95. The summed E-state index contributed by atoms with van der Waals surface area (Å²) in [4.78, 5) is 4.55. The first-order valence-corrected chi connectivity index (χ1v) is 10.1. The molecule has 2 aromatic heterocycles. The molecule has 1 aromatic carbocycles. The van der Waals surface area contributed by atoms with Gasteiger partial charge in [0.2, 0.25) is 11.7 Å². The van der Waals surface area contributed by atoms with E-state index in [2.05, 4.69) is 37.9 Å². The van der Waals surface area contributed by atoms with Gasteiger partial charge in [-0.15, -0.1) is 10.2 Å². The first kappa shape index (κ1) is 17.3. The van der Waals surface area contributed by atoms with E-state index in [1.807, 2.05) is 25.1 Å². The van der Waals surface area contributed by atoms with Gasteiger partial charge in [0, 0.05) is 11.6 Å². The number of rotatable bonds is 5. The van der Waals surface area contributed by atoms with Crippen LogP contribution in [0, 0.1) is 13.8 Å². The fourth-order valence-corrected chi connectivity index (χ4v) is 4.47. The van der Waals surface area contributed by atoms with Crippen molar-refractivity contribution in [3.63, 3.8) is 0 Å². The Morgan fingerprint density at radius 2 is 1.92 bits per heavy atom. The van der Waals surface area contributed by atoms with E-state index in [1.54, 1.807) is 11.8 Å². The maximum absolute atomic E-state index is 5.45. The normalized spacial score (nSPS) is 15.5. The SMILES string of the molecule is Cc1ccccc1-c1noc(CSc2nnc(C)n2C2CCCCC2)n1. The van der Waals surface area contributed by atoms with Gasteiger partial charge in [-0.3, -0.25) is 0 Å². The monoisotopic (exact) mass is 369 g/mol. The molecule has 0 bridgehead atoms. The van der Waals surface area contributed by atoms with E-state index in [0.717, 1.165) is 22.1 Å². The van der Waals surface area contributed by atoms with E-state index >= 15 is 0 Å². The Hall–Kier alpha value is -2.15. The highest BCUT2D eigenvalue weighted by Crippen LogP contribution is 2.33. The first-order valence-electron chi connectivity index (χ1n) is 9.15. The fraction of sp³-hybridized carbons (Fsp3) is 0.474. The molecule has 4 rings (SSSR count). The van der Waals surface area contributed by atoms with Crippen molar-refractivity contribution in [2.75, 3.05) is 0 Å². The molecule has 0 atom stereocenters. The topological polar surface area (TPSA) is 69.6 Å². The third-order valence-corrected chi connectivity index (χ3v) is 5.88. The molecule has 0 spiro atoms. The fourth-order valence-electron chi connectivity index (χ4n) is 3.58. The zero-order valence-corrected chi connectivity index (χ0v) is 16.0. The number of hydrogen-bond acceptors (Lipinski definition) is 6. The van der Waals surface area contributed by atoms with Gasteiger partial charge in [-0.05, 0) is 32.3 Å². The minimum atomic E-state index is 0.520. The number of benzene rings is 1. The van der Waals surface area contributed by atoms with E-state index in [1.165, 1.54) is 32.1 Å². The van der Waals surface area contributed by atoms with Crippen LogP contribution in [0.3, 0.4) is 0 Å². The molecular weight excluding hydrogens is 346 g/mol. The summed E-state index contributed by atoms with van der Waals surface area (Å²) < 4.78 is 7.74. The van der Waals surface area contributed by atoms with E-state index in [0.29, 0.717) is 23.5 Å². The first-order chi connectivity index (χ1) is 12.7. The van der Waals surface area contributed by atoms with Crippen LogP contribution < -0.4 is 0 Å². The molecule has 0 radical (unpaired) electrons. The molecule has 3 aromatic rings. The average Bonchev–Trinajstić information content (AvgIpc) is 3.28. The van der Waals surface area contributed by atoms with Crippen LogP contribution in [0.15, 0.2) is 33.9 Å². The maximum Gasteiger partial charge on any atom is 0.237 e. The maximum atomic E-state index is 5.45. The molecule has 1 aliphatic rings. The van der Waals surface area contributed by atoms with Crippen LogP contribution in [0.4, 0.5) is 0 Å². The van der Waals surface area contributed by atoms with Crippen molar-refractivity contribution >= 4 is 11.8 Å². The number of hydrogen-bond donors (Lipinski definition) is 0. The lowest BCUT2D eigenvalue weighted by atomic mass is 9.95. The zero-order valence-electron chi connectivity index (χ0n) is 15.2. The van der Waals surface area contributed by atoms with E-state index in [4.69, 9.17) is 4.52 Å². The lowest BCUT2D eigenvalue weighted by Gasteiger charge is -2.24. The van der Waals surface area contributed by atoms with Gasteiger partial charge in [0.25, 0.3) is 0 Å². The lowest BCUT2D eigenvalue weighted by molar-refractivity contribution is 0.331. The van der Waals surface area contributed by atoms with Crippen molar-refractivity contribution in [3.05, 3.63) is 41.5 Å². The van der Waals surface area contributed by atoms with Crippen molar-refractivity contribution in [1.82, 2.24) is 24.9 Å². The highest BCUT2D eigenvalue weighted by Gasteiger charge is 2.22. The van der Waals surface area contributed by atoms with Gasteiger partial charge in [-0.2, -0.15) is 4.98 Å². The molecule has 26 heavy (non-hydrogen) atoms. The summed E-state index contributed by atoms with van der Waals surface area (Å²) in [5.41, 5.74) is 2.15. The van der Waals surface area contributed by atoms with Crippen molar-refractivity contribution in [2.45, 2.75) is 62.9 Å². The van der Waals surface area contributed by atoms with Crippen molar-refractivity contribution in [3.8, 4) is 11.4 Å². The van der Waals surface area contributed by atoms with Crippen LogP contribution >= 0.6 is 11.8 Å². The Bertz CT molecular complexity index is 882. The van der Waals surface area contributed by atoms with Crippen LogP contribution in [0.5, 0.6) is 0 Å².